The standard InChI is InChI=1S/C12H16FN5O/c1-3-19-5-4-18-12(15-16-17-18)10-7-9(14)6-8(2)11(10)13/h6-7H,3-5,14H2,1-2H3. The number of aromatic nitrogens is 4. The number of anilines is 1. The quantitative estimate of drug-likeness (QED) is 0.653. The van der Waals surface area contributed by atoms with Gasteiger partial charge in [-0.15, -0.1) is 5.10 Å². The Morgan fingerprint density at radius 3 is 2.95 bits per heavy atom. The van der Waals surface area contributed by atoms with Crippen LogP contribution in [-0.4, -0.2) is 33.4 Å². The maximum atomic E-state index is 14.1. The van der Waals surface area contributed by atoms with Crippen molar-refractivity contribution in [2.24, 2.45) is 0 Å². The van der Waals surface area contributed by atoms with Crippen LogP contribution in [0.5, 0.6) is 0 Å². The SMILES string of the molecule is CCOCCn1nnnc1-c1cc(N)cc(C)c1F. The molecule has 0 atom stereocenters. The van der Waals surface area contributed by atoms with Crippen LogP contribution in [-0.2, 0) is 11.3 Å². The number of benzene rings is 1. The number of ether oxygens (including phenoxy) is 1. The second-order valence-electron chi connectivity index (χ2n) is 4.12. The third kappa shape index (κ3) is 2.87. The summed E-state index contributed by atoms with van der Waals surface area (Å²) in [6.07, 6.45) is 0. The smallest absolute Gasteiger partial charge is 0.185 e. The van der Waals surface area contributed by atoms with Crippen molar-refractivity contribution in [3.8, 4) is 11.4 Å². The molecule has 7 heteroatoms. The molecule has 2 rings (SSSR count). The molecule has 0 fully saturated rings. The molecule has 0 unspecified atom stereocenters. The summed E-state index contributed by atoms with van der Waals surface area (Å²) in [6, 6.07) is 3.11. The summed E-state index contributed by atoms with van der Waals surface area (Å²) in [7, 11) is 0. The Labute approximate surface area is 110 Å². The van der Waals surface area contributed by atoms with Crippen molar-refractivity contribution in [3.63, 3.8) is 0 Å². The number of nitrogen functional groups attached to an aromatic ring is 1. The topological polar surface area (TPSA) is 78.8 Å². The van der Waals surface area contributed by atoms with Crippen LogP contribution in [0.1, 0.15) is 12.5 Å². The number of aryl methyl sites for hydroxylation is 1. The molecule has 0 spiro atoms. The maximum Gasteiger partial charge on any atom is 0.185 e. The molecule has 2 aromatic rings. The molecule has 0 aliphatic carbocycles. The van der Waals surface area contributed by atoms with Crippen LogP contribution in [0.25, 0.3) is 11.4 Å². The molecule has 19 heavy (non-hydrogen) atoms. The summed E-state index contributed by atoms with van der Waals surface area (Å²) in [5.74, 6) is -0.00531. The molecule has 0 bridgehead atoms. The Kier molecular flexibility index (Phi) is 4.06. The van der Waals surface area contributed by atoms with Crippen LogP contribution in [0.3, 0.4) is 0 Å². The average molecular weight is 265 g/mol. The van der Waals surface area contributed by atoms with Crippen LogP contribution in [0.4, 0.5) is 10.1 Å². The molecule has 1 aromatic carbocycles. The highest BCUT2D eigenvalue weighted by molar-refractivity contribution is 5.63. The Bertz CT molecular complexity index is 569. The van der Waals surface area contributed by atoms with Crippen molar-refractivity contribution >= 4 is 5.69 Å². The number of halogens is 1. The fourth-order valence-corrected chi connectivity index (χ4v) is 1.80. The predicted octanol–water partition coefficient (Wildman–Crippen LogP) is 1.41. The lowest BCUT2D eigenvalue weighted by molar-refractivity contribution is 0.136. The minimum atomic E-state index is -0.360. The van der Waals surface area contributed by atoms with E-state index in [0.29, 0.717) is 42.4 Å². The van der Waals surface area contributed by atoms with Crippen molar-refractivity contribution in [2.45, 2.75) is 20.4 Å². The fraction of sp³-hybridized carbons (Fsp3) is 0.417. The van der Waals surface area contributed by atoms with E-state index in [2.05, 4.69) is 15.5 Å². The van der Waals surface area contributed by atoms with E-state index in [4.69, 9.17) is 10.5 Å². The van der Waals surface area contributed by atoms with Gasteiger partial charge in [0.2, 0.25) is 0 Å². The first-order valence-electron chi connectivity index (χ1n) is 6.03. The van der Waals surface area contributed by atoms with Gasteiger partial charge in [0.25, 0.3) is 0 Å². The summed E-state index contributed by atoms with van der Waals surface area (Å²) in [6.45, 7) is 5.11. The van der Waals surface area contributed by atoms with Gasteiger partial charge in [0, 0.05) is 12.3 Å². The lowest BCUT2D eigenvalue weighted by atomic mass is 10.1. The zero-order valence-corrected chi connectivity index (χ0v) is 10.9. The van der Waals surface area contributed by atoms with Crippen molar-refractivity contribution in [2.75, 3.05) is 18.9 Å². The van der Waals surface area contributed by atoms with Gasteiger partial charge < -0.3 is 10.5 Å². The van der Waals surface area contributed by atoms with Gasteiger partial charge in [0.05, 0.1) is 18.7 Å². The van der Waals surface area contributed by atoms with Gasteiger partial charge in [0.1, 0.15) is 5.82 Å². The summed E-state index contributed by atoms with van der Waals surface area (Å²) >= 11 is 0. The molecule has 0 aliphatic rings. The first-order valence-corrected chi connectivity index (χ1v) is 6.03. The highest BCUT2D eigenvalue weighted by Gasteiger charge is 2.15. The van der Waals surface area contributed by atoms with Gasteiger partial charge in [-0.2, -0.15) is 0 Å². The number of hydrogen-bond donors (Lipinski definition) is 1. The average Bonchev–Trinajstić information content (AvgIpc) is 2.82. The van der Waals surface area contributed by atoms with Crippen molar-refractivity contribution < 1.29 is 9.13 Å². The predicted molar refractivity (Wildman–Crippen MR) is 68.9 cm³/mol. The Hall–Kier alpha value is -2.02. The number of hydrogen-bond acceptors (Lipinski definition) is 5. The first kappa shape index (κ1) is 13.4. The lowest BCUT2D eigenvalue weighted by Crippen LogP contribution is -2.10. The molecular weight excluding hydrogens is 249 g/mol. The van der Waals surface area contributed by atoms with Gasteiger partial charge in [0.15, 0.2) is 5.82 Å². The third-order valence-corrected chi connectivity index (χ3v) is 2.70. The Morgan fingerprint density at radius 1 is 1.42 bits per heavy atom. The van der Waals surface area contributed by atoms with E-state index in [1.807, 2.05) is 6.92 Å². The summed E-state index contributed by atoms with van der Waals surface area (Å²) in [4.78, 5) is 0. The monoisotopic (exact) mass is 265 g/mol. The highest BCUT2D eigenvalue weighted by atomic mass is 19.1. The van der Waals surface area contributed by atoms with Crippen molar-refractivity contribution in [3.05, 3.63) is 23.5 Å². The van der Waals surface area contributed by atoms with Crippen LogP contribution in [0.2, 0.25) is 0 Å². The van der Waals surface area contributed by atoms with Crippen molar-refractivity contribution in [1.82, 2.24) is 20.2 Å². The highest BCUT2D eigenvalue weighted by Crippen LogP contribution is 2.25. The molecule has 0 radical (unpaired) electrons. The van der Waals surface area contributed by atoms with E-state index in [0.717, 1.165) is 0 Å². The van der Waals surface area contributed by atoms with Crippen LogP contribution < -0.4 is 5.73 Å². The van der Waals surface area contributed by atoms with Gasteiger partial charge >= 0.3 is 0 Å². The van der Waals surface area contributed by atoms with Gasteiger partial charge in [-0.3, -0.25) is 0 Å². The number of nitrogens with two attached hydrogens (primary N) is 1. The molecule has 0 saturated carbocycles. The Balaban J connectivity index is 2.34. The van der Waals surface area contributed by atoms with E-state index in [1.54, 1.807) is 13.0 Å². The second kappa shape index (κ2) is 5.75. The van der Waals surface area contributed by atoms with E-state index in [1.165, 1.54) is 10.7 Å². The van der Waals surface area contributed by atoms with E-state index in [-0.39, 0.29) is 5.82 Å². The third-order valence-electron chi connectivity index (χ3n) is 2.70. The van der Waals surface area contributed by atoms with Gasteiger partial charge in [-0.25, -0.2) is 9.07 Å². The molecule has 0 amide bonds. The first-order chi connectivity index (χ1) is 9.13. The molecule has 0 aliphatic heterocycles. The molecule has 2 N–H and O–H groups in total. The summed E-state index contributed by atoms with van der Waals surface area (Å²) in [5.41, 5.74) is 6.99. The maximum absolute atomic E-state index is 14.1. The van der Waals surface area contributed by atoms with Crippen LogP contribution >= 0.6 is 0 Å². The summed E-state index contributed by atoms with van der Waals surface area (Å²) < 4.78 is 20.9. The zero-order chi connectivity index (χ0) is 13.8. The molecule has 6 nitrogen and oxygen atoms in total. The van der Waals surface area contributed by atoms with E-state index >= 15 is 0 Å². The number of rotatable bonds is 5. The van der Waals surface area contributed by atoms with E-state index in [9.17, 15) is 4.39 Å². The molecule has 0 saturated heterocycles. The molecule has 102 valence electrons. The lowest BCUT2D eigenvalue weighted by Gasteiger charge is -2.08. The van der Waals surface area contributed by atoms with Crippen LogP contribution in [0, 0.1) is 12.7 Å². The second-order valence-corrected chi connectivity index (χ2v) is 4.12. The Morgan fingerprint density at radius 2 is 2.21 bits per heavy atom. The zero-order valence-electron chi connectivity index (χ0n) is 10.9. The number of nitrogens with zero attached hydrogens (tertiary/aromatic N) is 4. The van der Waals surface area contributed by atoms with Gasteiger partial charge in [-0.05, 0) is 42.0 Å². The normalized spacial score (nSPS) is 10.9. The van der Waals surface area contributed by atoms with Crippen molar-refractivity contribution in [1.29, 1.82) is 0 Å². The molecule has 1 aromatic heterocycles. The summed E-state index contributed by atoms with van der Waals surface area (Å²) in [5, 5.41) is 11.3. The number of tetrazole rings is 1. The molecule has 1 heterocycles. The minimum Gasteiger partial charge on any atom is -0.399 e. The largest absolute Gasteiger partial charge is 0.399 e. The van der Waals surface area contributed by atoms with Gasteiger partial charge in [-0.1, -0.05) is 0 Å². The molecular formula is C12H16FN5O. The minimum absolute atomic E-state index is 0.305. The fourth-order valence-electron chi connectivity index (χ4n) is 1.80. The van der Waals surface area contributed by atoms with E-state index < -0.39 is 0 Å². The van der Waals surface area contributed by atoms with Crippen LogP contribution in [0.15, 0.2) is 12.1 Å².